The molecule has 1 spiro atoms. The molecule has 0 radical (unpaired) electrons. The van der Waals surface area contributed by atoms with Crippen LogP contribution in [0.15, 0.2) is 105 Å². The number of hydrogen-bond donors (Lipinski definition) is 0. The molecular formula is C36H25ClN4O4S2. The molecule has 2 aliphatic heterocycles. The minimum absolute atomic E-state index is 0.0111. The molecule has 0 bridgehead atoms. The van der Waals surface area contributed by atoms with Crippen molar-refractivity contribution in [3.05, 3.63) is 145 Å². The number of benzene rings is 4. The minimum atomic E-state index is -1.86. The van der Waals surface area contributed by atoms with Gasteiger partial charge in [-0.05, 0) is 66.4 Å². The highest BCUT2D eigenvalue weighted by atomic mass is 35.5. The van der Waals surface area contributed by atoms with E-state index in [1.165, 1.54) is 28.0 Å². The zero-order chi connectivity index (χ0) is 32.4. The molecule has 0 aliphatic carbocycles. The van der Waals surface area contributed by atoms with Gasteiger partial charge in [-0.15, -0.1) is 10.2 Å². The second-order valence-electron chi connectivity index (χ2n) is 11.6. The van der Waals surface area contributed by atoms with Crippen LogP contribution in [-0.4, -0.2) is 22.0 Å². The number of nitrogens with zero attached hydrogens (tertiary/aromatic N) is 4. The molecule has 8 nitrogen and oxygen atoms in total. The Balaban J connectivity index is 1.34. The Kier molecular flexibility index (Phi) is 7.05. The number of fused-ring (bicyclic) bond motifs is 5. The summed E-state index contributed by atoms with van der Waals surface area (Å²) in [7, 11) is 0. The Morgan fingerprint density at radius 2 is 1.60 bits per heavy atom. The normalized spacial score (nSPS) is 16.8. The quantitative estimate of drug-likeness (QED) is 0.132. The van der Waals surface area contributed by atoms with Gasteiger partial charge in [-0.1, -0.05) is 95.4 Å². The fourth-order valence-corrected chi connectivity index (χ4v) is 8.39. The van der Waals surface area contributed by atoms with Crippen LogP contribution in [0.2, 0.25) is 5.02 Å². The SMILES string of the molecule is Cc1cc2oc3c(c(=O)c2cc1C)C1(C(=O)N(Cc2ccc(Cl)cc2)c2ccccc21)N(c1nnc(SCc2ccccc2)s1)C3=O. The third-order valence-corrected chi connectivity index (χ3v) is 11.2. The van der Waals surface area contributed by atoms with Gasteiger partial charge >= 0.3 is 0 Å². The van der Waals surface area contributed by atoms with E-state index in [9.17, 15) is 9.59 Å². The molecule has 6 aromatic rings. The summed E-state index contributed by atoms with van der Waals surface area (Å²) in [6.07, 6.45) is 0. The van der Waals surface area contributed by atoms with Gasteiger partial charge in [-0.2, -0.15) is 0 Å². The lowest BCUT2D eigenvalue weighted by Gasteiger charge is -2.32. The van der Waals surface area contributed by atoms with E-state index in [0.717, 1.165) is 22.3 Å². The van der Waals surface area contributed by atoms with Crippen LogP contribution in [0.25, 0.3) is 11.0 Å². The zero-order valence-corrected chi connectivity index (χ0v) is 27.6. The summed E-state index contributed by atoms with van der Waals surface area (Å²) in [6, 6.07) is 28.0. The minimum Gasteiger partial charge on any atom is -0.450 e. The van der Waals surface area contributed by atoms with E-state index in [4.69, 9.17) is 16.0 Å². The second-order valence-corrected chi connectivity index (χ2v) is 14.2. The first kappa shape index (κ1) is 29.6. The first-order valence-electron chi connectivity index (χ1n) is 14.9. The summed E-state index contributed by atoms with van der Waals surface area (Å²) in [6.45, 7) is 4.02. The number of aromatic nitrogens is 2. The molecule has 4 aromatic carbocycles. The first-order chi connectivity index (χ1) is 22.8. The van der Waals surface area contributed by atoms with Crippen LogP contribution in [0.1, 0.15) is 43.9 Å². The van der Waals surface area contributed by atoms with Gasteiger partial charge in [0, 0.05) is 16.3 Å². The van der Waals surface area contributed by atoms with E-state index < -0.39 is 22.8 Å². The fraction of sp³-hybridized carbons (Fsp3) is 0.139. The fourth-order valence-electron chi connectivity index (χ4n) is 6.42. The van der Waals surface area contributed by atoms with E-state index in [-0.39, 0.29) is 28.6 Å². The van der Waals surface area contributed by atoms with Crippen LogP contribution in [0.3, 0.4) is 0 Å². The average molecular weight is 677 g/mol. The number of aryl methyl sites for hydroxylation is 2. The molecule has 11 heteroatoms. The Bertz CT molecular complexity index is 2300. The maximum absolute atomic E-state index is 15.2. The first-order valence-corrected chi connectivity index (χ1v) is 17.0. The smallest absolute Gasteiger partial charge is 0.297 e. The van der Waals surface area contributed by atoms with Gasteiger partial charge < -0.3 is 9.32 Å². The number of thioether (sulfide) groups is 1. The van der Waals surface area contributed by atoms with Crippen molar-refractivity contribution >= 4 is 68.3 Å². The number of hydrogen-bond acceptors (Lipinski definition) is 8. The number of anilines is 2. The monoisotopic (exact) mass is 676 g/mol. The lowest BCUT2D eigenvalue weighted by atomic mass is 9.84. The van der Waals surface area contributed by atoms with Gasteiger partial charge in [0.25, 0.3) is 11.8 Å². The van der Waals surface area contributed by atoms with Crippen molar-refractivity contribution in [3.8, 4) is 0 Å². The molecule has 2 aromatic heterocycles. The molecule has 2 amide bonds. The molecule has 0 fully saturated rings. The van der Waals surface area contributed by atoms with E-state index >= 15 is 4.79 Å². The van der Waals surface area contributed by atoms with Gasteiger partial charge in [0.15, 0.2) is 15.3 Å². The maximum atomic E-state index is 15.2. The van der Waals surface area contributed by atoms with Crippen molar-refractivity contribution in [3.63, 3.8) is 0 Å². The predicted molar refractivity (Wildman–Crippen MR) is 185 cm³/mol. The second kappa shape index (κ2) is 11.2. The van der Waals surface area contributed by atoms with Crippen molar-refractivity contribution in [2.45, 2.75) is 36.0 Å². The zero-order valence-electron chi connectivity index (χ0n) is 25.2. The van der Waals surface area contributed by atoms with Gasteiger partial charge in [0.05, 0.1) is 23.2 Å². The Morgan fingerprint density at radius 1 is 0.872 bits per heavy atom. The molecule has 232 valence electrons. The summed E-state index contributed by atoms with van der Waals surface area (Å²) >= 11 is 8.84. The van der Waals surface area contributed by atoms with Crippen LogP contribution in [0.5, 0.6) is 0 Å². The Morgan fingerprint density at radius 3 is 2.38 bits per heavy atom. The number of carbonyl (C=O) groups is 2. The third-order valence-electron chi connectivity index (χ3n) is 8.79. The van der Waals surface area contributed by atoms with Crippen LogP contribution >= 0.6 is 34.7 Å². The number of halogens is 1. The average Bonchev–Trinajstić information content (AvgIpc) is 3.71. The molecule has 0 saturated carbocycles. The summed E-state index contributed by atoms with van der Waals surface area (Å²) in [4.78, 5) is 47.3. The molecular weight excluding hydrogens is 652 g/mol. The van der Waals surface area contributed by atoms with Crippen LogP contribution in [-0.2, 0) is 22.6 Å². The standard InChI is InChI=1S/C36H25ClN4O4S2/c1-20-16-25-28(17-21(20)2)45-31-29(30(25)42)36(41(32(31)43)34-38-39-35(47-34)46-19-23-8-4-3-5-9-23)26-10-6-7-11-27(26)40(33(36)44)18-22-12-14-24(37)15-13-22/h3-17H,18-19H2,1-2H3. The Labute approximate surface area is 282 Å². The number of rotatable bonds is 6. The topological polar surface area (TPSA) is 96.6 Å². The highest BCUT2D eigenvalue weighted by molar-refractivity contribution is 8.00. The van der Waals surface area contributed by atoms with Crippen LogP contribution in [0, 0.1) is 13.8 Å². The van der Waals surface area contributed by atoms with E-state index in [0.29, 0.717) is 31.8 Å². The van der Waals surface area contributed by atoms with Crippen molar-refractivity contribution in [1.82, 2.24) is 10.2 Å². The van der Waals surface area contributed by atoms with Crippen LogP contribution < -0.4 is 15.2 Å². The highest BCUT2D eigenvalue weighted by Gasteiger charge is 2.66. The number of carbonyl (C=O) groups excluding carboxylic acids is 2. The van der Waals surface area contributed by atoms with Crippen molar-refractivity contribution in [2.75, 3.05) is 9.80 Å². The lowest BCUT2D eigenvalue weighted by molar-refractivity contribution is -0.121. The van der Waals surface area contributed by atoms with E-state index in [2.05, 4.69) is 10.2 Å². The molecule has 0 N–H and O–H groups in total. The highest BCUT2D eigenvalue weighted by Crippen LogP contribution is 2.55. The van der Waals surface area contributed by atoms with Crippen LogP contribution in [0.4, 0.5) is 10.8 Å². The van der Waals surface area contributed by atoms with Crippen molar-refractivity contribution in [2.24, 2.45) is 0 Å². The Hall–Kier alpha value is -4.77. The number of amides is 2. The third kappa shape index (κ3) is 4.54. The van der Waals surface area contributed by atoms with Crippen molar-refractivity contribution in [1.29, 1.82) is 0 Å². The summed E-state index contributed by atoms with van der Waals surface area (Å²) in [5, 5.41) is 9.91. The summed E-state index contributed by atoms with van der Waals surface area (Å²) < 4.78 is 6.91. The van der Waals surface area contributed by atoms with Crippen molar-refractivity contribution < 1.29 is 14.0 Å². The maximum Gasteiger partial charge on any atom is 0.297 e. The number of para-hydroxylation sites is 1. The molecule has 1 atom stereocenters. The molecule has 2 aliphatic rings. The summed E-state index contributed by atoms with van der Waals surface area (Å²) in [5.74, 6) is -0.597. The molecule has 0 saturated heterocycles. The van der Waals surface area contributed by atoms with Gasteiger partial charge in [-0.25, -0.2) is 0 Å². The summed E-state index contributed by atoms with van der Waals surface area (Å²) in [5.41, 5.74) is 2.82. The van der Waals surface area contributed by atoms with E-state index in [1.807, 2.05) is 68.4 Å². The van der Waals surface area contributed by atoms with Gasteiger partial charge in [-0.3, -0.25) is 19.3 Å². The van der Waals surface area contributed by atoms with E-state index in [1.54, 1.807) is 41.3 Å². The predicted octanol–water partition coefficient (Wildman–Crippen LogP) is 7.66. The van der Waals surface area contributed by atoms with Gasteiger partial charge in [0.1, 0.15) is 5.58 Å². The molecule has 8 rings (SSSR count). The molecule has 1 unspecified atom stereocenters. The molecule has 47 heavy (non-hydrogen) atoms. The largest absolute Gasteiger partial charge is 0.450 e. The van der Waals surface area contributed by atoms with Gasteiger partial charge in [0.2, 0.25) is 10.9 Å². The lowest BCUT2D eigenvalue weighted by Crippen LogP contribution is -2.53. The molecule has 4 heterocycles.